The Morgan fingerprint density at radius 1 is 0.821 bits per heavy atom. The molecule has 0 radical (unpaired) electrons. The Hall–Kier alpha value is -2.30. The van der Waals surface area contributed by atoms with E-state index in [4.69, 9.17) is 9.97 Å². The van der Waals surface area contributed by atoms with E-state index in [1.165, 1.54) is 41.0 Å². The molecule has 1 aliphatic carbocycles. The van der Waals surface area contributed by atoms with Crippen LogP contribution in [0.4, 0.5) is 11.8 Å². The number of benzene rings is 1. The van der Waals surface area contributed by atoms with Gasteiger partial charge in [0.25, 0.3) is 0 Å². The molecule has 0 saturated heterocycles. The highest BCUT2D eigenvalue weighted by Crippen LogP contribution is 2.40. The second-order valence-corrected chi connectivity index (χ2v) is 15.0. The maximum absolute atomic E-state index is 4.83. The number of hydrogen-bond acceptors (Lipinski definition) is 8. The van der Waals surface area contributed by atoms with Crippen LogP contribution in [-0.4, -0.2) is 36.6 Å². The molecule has 4 aromatic heterocycles. The van der Waals surface area contributed by atoms with E-state index >= 15 is 0 Å². The molecule has 0 aliphatic heterocycles. The van der Waals surface area contributed by atoms with Crippen molar-refractivity contribution in [1.82, 2.24) is 15.3 Å². The van der Waals surface area contributed by atoms with Gasteiger partial charge in [-0.1, -0.05) is 12.1 Å². The van der Waals surface area contributed by atoms with Gasteiger partial charge < -0.3 is 15.5 Å². The quantitative estimate of drug-likeness (QED) is 0.169. The highest BCUT2D eigenvalue weighted by Gasteiger charge is 2.22. The minimum atomic E-state index is 0.434. The Kier molecular flexibility index (Phi) is 8.32. The molecule has 202 valence electrons. The lowest BCUT2D eigenvalue weighted by Gasteiger charge is -2.29. The van der Waals surface area contributed by atoms with Crippen molar-refractivity contribution in [3.63, 3.8) is 0 Å². The van der Waals surface area contributed by atoms with Gasteiger partial charge >= 0.3 is 0 Å². The van der Waals surface area contributed by atoms with E-state index < -0.39 is 0 Å². The largest absolute Gasteiger partial charge is 0.362 e. The smallest absolute Gasteiger partial charge is 0.225 e. The van der Waals surface area contributed by atoms with E-state index in [2.05, 4.69) is 80.0 Å². The molecule has 0 amide bonds. The van der Waals surface area contributed by atoms with Crippen molar-refractivity contribution in [3.8, 4) is 19.5 Å². The maximum Gasteiger partial charge on any atom is 0.225 e. The lowest BCUT2D eigenvalue weighted by molar-refractivity contribution is 0.324. The van der Waals surface area contributed by atoms with Gasteiger partial charge in [0.2, 0.25) is 5.95 Å². The number of aromatic nitrogens is 2. The van der Waals surface area contributed by atoms with Crippen molar-refractivity contribution in [1.29, 1.82) is 0 Å². The summed E-state index contributed by atoms with van der Waals surface area (Å²) < 4.78 is 1.18. The number of nitrogens with zero attached hydrogens (tertiary/aromatic N) is 3. The first kappa shape index (κ1) is 26.9. The summed E-state index contributed by atoms with van der Waals surface area (Å²) in [7, 11) is 4.08. The summed E-state index contributed by atoms with van der Waals surface area (Å²) in [6, 6.07) is 22.0. The Morgan fingerprint density at radius 3 is 2.26 bits per heavy atom. The first-order chi connectivity index (χ1) is 19.0. The molecule has 1 aliphatic rings. The van der Waals surface area contributed by atoms with E-state index in [0.29, 0.717) is 6.04 Å². The van der Waals surface area contributed by atoms with E-state index in [1.807, 2.05) is 48.9 Å². The fraction of sp³-hybridized carbons (Fsp3) is 0.333. The average molecular weight is 639 g/mol. The maximum atomic E-state index is 4.83. The fourth-order valence-electron chi connectivity index (χ4n) is 5.21. The fourth-order valence-corrected chi connectivity index (χ4v) is 8.76. The molecule has 5 aromatic rings. The molecular formula is C30H32BrN5S3. The summed E-state index contributed by atoms with van der Waals surface area (Å²) in [5.41, 5.74) is 0.989. The Bertz CT molecular complexity index is 1550. The molecule has 2 N–H and O–H groups in total. The van der Waals surface area contributed by atoms with Gasteiger partial charge in [-0.15, -0.1) is 34.0 Å². The molecule has 1 aromatic carbocycles. The summed E-state index contributed by atoms with van der Waals surface area (Å²) in [4.78, 5) is 18.5. The molecule has 5 nitrogen and oxygen atoms in total. The predicted molar refractivity (Wildman–Crippen MR) is 174 cm³/mol. The van der Waals surface area contributed by atoms with Crippen LogP contribution in [0.1, 0.15) is 30.6 Å². The topological polar surface area (TPSA) is 53.1 Å². The number of nitrogens with one attached hydrogen (secondary N) is 2. The van der Waals surface area contributed by atoms with Gasteiger partial charge in [-0.2, -0.15) is 4.98 Å². The van der Waals surface area contributed by atoms with Crippen molar-refractivity contribution in [2.75, 3.05) is 30.9 Å². The van der Waals surface area contributed by atoms with Crippen molar-refractivity contribution in [2.45, 2.75) is 38.3 Å². The molecular weight excluding hydrogens is 606 g/mol. The zero-order chi connectivity index (χ0) is 26.8. The number of thiophene rings is 3. The second-order valence-electron chi connectivity index (χ2n) is 10.3. The van der Waals surface area contributed by atoms with E-state index in [9.17, 15) is 0 Å². The minimum absolute atomic E-state index is 0.434. The lowest BCUT2D eigenvalue weighted by Crippen LogP contribution is -2.31. The normalized spacial score (nSPS) is 17.5. The van der Waals surface area contributed by atoms with Crippen LogP contribution in [0.2, 0.25) is 0 Å². The van der Waals surface area contributed by atoms with E-state index in [1.54, 1.807) is 11.3 Å². The monoisotopic (exact) mass is 637 g/mol. The third kappa shape index (κ3) is 6.38. The number of para-hydroxylation sites is 1. The molecule has 0 unspecified atom stereocenters. The first-order valence-corrected chi connectivity index (χ1v) is 16.6. The molecule has 1 fully saturated rings. The summed E-state index contributed by atoms with van der Waals surface area (Å²) in [6.07, 6.45) is 4.77. The van der Waals surface area contributed by atoms with Gasteiger partial charge in [0.05, 0.1) is 9.30 Å². The van der Waals surface area contributed by atoms with Gasteiger partial charge in [-0.25, -0.2) is 4.98 Å². The summed E-state index contributed by atoms with van der Waals surface area (Å²) in [6.45, 7) is 2.02. The van der Waals surface area contributed by atoms with Crippen molar-refractivity contribution in [3.05, 3.63) is 69.3 Å². The van der Waals surface area contributed by atoms with Gasteiger partial charge in [-0.3, -0.25) is 0 Å². The zero-order valence-electron chi connectivity index (χ0n) is 22.1. The van der Waals surface area contributed by atoms with Gasteiger partial charge in [0.1, 0.15) is 5.82 Å². The third-order valence-electron chi connectivity index (χ3n) is 7.25. The van der Waals surface area contributed by atoms with Gasteiger partial charge in [-0.05, 0) is 103 Å². The van der Waals surface area contributed by atoms with E-state index in [-0.39, 0.29) is 0 Å². The van der Waals surface area contributed by atoms with Crippen molar-refractivity contribution >= 4 is 72.6 Å². The molecule has 6 rings (SSSR count). The highest BCUT2D eigenvalue weighted by molar-refractivity contribution is 9.11. The van der Waals surface area contributed by atoms with Crippen LogP contribution in [0.3, 0.4) is 0 Å². The molecule has 1 saturated carbocycles. The van der Waals surface area contributed by atoms with Crippen LogP contribution in [0, 0.1) is 5.92 Å². The van der Waals surface area contributed by atoms with Gasteiger partial charge in [0, 0.05) is 56.5 Å². The summed E-state index contributed by atoms with van der Waals surface area (Å²) >= 11 is 9.15. The lowest BCUT2D eigenvalue weighted by atomic mass is 9.86. The number of halogens is 1. The van der Waals surface area contributed by atoms with E-state index in [0.717, 1.165) is 54.5 Å². The molecule has 0 spiro atoms. The Labute approximate surface area is 250 Å². The van der Waals surface area contributed by atoms with Crippen LogP contribution < -0.4 is 15.5 Å². The number of fused-ring (bicyclic) bond motifs is 1. The number of anilines is 2. The standard InChI is InChI=1S/C30H32BrN5S3/c1-36(2)29-22-5-3-4-6-23(22)34-30(35-29)33-20-9-7-19(8-10-20)17-32-18-21-11-12-24(37-21)25-13-14-26(38-25)27-15-16-28(31)39-27/h3-6,11-16,19-20,32H,7-10,17-18H2,1-2H3,(H,33,34,35). The summed E-state index contributed by atoms with van der Waals surface area (Å²) in [5.74, 6) is 2.43. The minimum Gasteiger partial charge on any atom is -0.362 e. The van der Waals surface area contributed by atoms with Gasteiger partial charge in [0.15, 0.2) is 0 Å². The van der Waals surface area contributed by atoms with Crippen LogP contribution in [-0.2, 0) is 6.54 Å². The first-order valence-electron chi connectivity index (χ1n) is 13.4. The SMILES string of the molecule is CN(C)c1nc(NC2CCC(CNCc3ccc(-c4ccc(-c5ccc(Br)s5)s4)s3)CC2)nc2ccccc12. The summed E-state index contributed by atoms with van der Waals surface area (Å²) in [5, 5.41) is 8.46. The molecule has 9 heteroatoms. The van der Waals surface area contributed by atoms with Crippen LogP contribution in [0.15, 0.2) is 64.5 Å². The number of rotatable bonds is 9. The predicted octanol–water partition coefficient (Wildman–Crippen LogP) is 8.74. The van der Waals surface area contributed by atoms with Crippen molar-refractivity contribution < 1.29 is 0 Å². The number of hydrogen-bond donors (Lipinski definition) is 2. The Morgan fingerprint density at radius 2 is 1.51 bits per heavy atom. The average Bonchev–Trinajstić information content (AvgIpc) is 3.70. The third-order valence-corrected chi connectivity index (χ3v) is 11.4. The molecule has 4 heterocycles. The second kappa shape index (κ2) is 12.1. The van der Waals surface area contributed by atoms with Crippen LogP contribution in [0.5, 0.6) is 0 Å². The highest BCUT2D eigenvalue weighted by atomic mass is 79.9. The molecule has 39 heavy (non-hydrogen) atoms. The van der Waals surface area contributed by atoms with Crippen LogP contribution >= 0.6 is 49.9 Å². The van der Waals surface area contributed by atoms with Crippen molar-refractivity contribution in [2.24, 2.45) is 5.92 Å². The Balaban J connectivity index is 0.977. The molecule has 0 bridgehead atoms. The zero-order valence-corrected chi connectivity index (χ0v) is 26.2. The molecule has 0 atom stereocenters. The van der Waals surface area contributed by atoms with Crippen LogP contribution in [0.25, 0.3) is 30.4 Å².